The highest BCUT2D eigenvalue weighted by atomic mass is 15.0. The predicted molar refractivity (Wildman–Crippen MR) is 338 cm³/mol. The lowest BCUT2D eigenvalue weighted by Crippen LogP contribution is -2.03. The van der Waals surface area contributed by atoms with Gasteiger partial charge in [-0.15, -0.1) is 0 Å². The number of nitrogens with zero attached hydrogens (tertiary/aromatic N) is 7. The molecule has 18 rings (SSSR count). The van der Waals surface area contributed by atoms with Crippen molar-refractivity contribution in [1.82, 2.24) is 28.2 Å². The molecule has 5 aromatic heterocycles. The van der Waals surface area contributed by atoms with Gasteiger partial charge in [0.05, 0.1) is 62.1 Å². The van der Waals surface area contributed by atoms with Crippen molar-refractivity contribution >= 4 is 104 Å². The SMILES string of the molecule is [C-]#[N+]c1cccc(-c2nc(-c3cc(-n4c5ccccc5c5cc(-n6c7ccccc7c7ccccc76)ccc54)cc(-n4c5ccccc5c5cc(-n6c7ccccc7c7ccccc76)ccc54)c3)c3c(n2)-c2cccc4cccc-3c24)c1. The lowest BCUT2D eigenvalue weighted by atomic mass is 9.98. The third-order valence-corrected chi connectivity index (χ3v) is 17.3. The molecule has 0 saturated carbocycles. The van der Waals surface area contributed by atoms with E-state index in [1.54, 1.807) is 0 Å². The molecule has 0 radical (unpaired) electrons. The van der Waals surface area contributed by atoms with Crippen LogP contribution in [0.5, 0.6) is 0 Å². The van der Waals surface area contributed by atoms with Crippen molar-refractivity contribution in [3.8, 4) is 67.8 Å². The summed E-state index contributed by atoms with van der Waals surface area (Å²) in [5, 5.41) is 11.9. The van der Waals surface area contributed by atoms with Crippen molar-refractivity contribution in [2.75, 3.05) is 0 Å². The second-order valence-electron chi connectivity index (χ2n) is 21.6. The number of hydrogen-bond donors (Lipinski definition) is 0. The first-order chi connectivity index (χ1) is 40.6. The Kier molecular flexibility index (Phi) is 9.17. The molecule has 7 nitrogen and oxygen atoms in total. The molecule has 0 aliphatic heterocycles. The van der Waals surface area contributed by atoms with Crippen LogP contribution in [0.3, 0.4) is 0 Å². The fourth-order valence-electron chi connectivity index (χ4n) is 13.9. The van der Waals surface area contributed by atoms with Gasteiger partial charge in [0.2, 0.25) is 0 Å². The van der Waals surface area contributed by atoms with Gasteiger partial charge in [0.1, 0.15) is 0 Å². The van der Waals surface area contributed by atoms with Crippen LogP contribution in [0.1, 0.15) is 0 Å². The van der Waals surface area contributed by atoms with E-state index in [2.05, 4.69) is 260 Å². The molecule has 0 spiro atoms. The van der Waals surface area contributed by atoms with Crippen molar-refractivity contribution in [2.24, 2.45) is 0 Å². The van der Waals surface area contributed by atoms with Gasteiger partial charge in [-0.3, -0.25) is 0 Å². The molecular formula is C75H43N7. The minimum atomic E-state index is 0.540. The lowest BCUT2D eigenvalue weighted by molar-refractivity contribution is 1.12. The number of benzene rings is 12. The van der Waals surface area contributed by atoms with Crippen LogP contribution in [0.25, 0.3) is 171 Å². The molecule has 0 bridgehead atoms. The van der Waals surface area contributed by atoms with Crippen molar-refractivity contribution in [3.05, 3.63) is 272 Å². The summed E-state index contributed by atoms with van der Waals surface area (Å²) in [7, 11) is 0. The van der Waals surface area contributed by atoms with Crippen LogP contribution in [0, 0.1) is 6.57 Å². The first-order valence-corrected chi connectivity index (χ1v) is 27.8. The number of rotatable bonds is 6. The topological polar surface area (TPSA) is 49.9 Å². The molecule has 0 N–H and O–H groups in total. The average molecular weight is 1040 g/mol. The summed E-state index contributed by atoms with van der Waals surface area (Å²) >= 11 is 0. The Morgan fingerprint density at radius 3 is 1.17 bits per heavy atom. The van der Waals surface area contributed by atoms with Gasteiger partial charge in [-0.1, -0.05) is 164 Å². The van der Waals surface area contributed by atoms with E-state index in [4.69, 9.17) is 16.5 Å². The van der Waals surface area contributed by atoms with E-state index in [1.165, 1.54) is 49.0 Å². The zero-order chi connectivity index (χ0) is 53.7. The summed E-state index contributed by atoms with van der Waals surface area (Å²) in [6, 6.07) is 94.2. The van der Waals surface area contributed by atoms with Crippen LogP contribution in [0.2, 0.25) is 0 Å². The van der Waals surface area contributed by atoms with E-state index in [-0.39, 0.29) is 0 Å². The molecule has 1 aliphatic rings. The largest absolute Gasteiger partial charge is 0.309 e. The highest BCUT2D eigenvalue weighted by Gasteiger charge is 2.30. The zero-order valence-electron chi connectivity index (χ0n) is 44.0. The maximum absolute atomic E-state index is 7.98. The van der Waals surface area contributed by atoms with E-state index in [1.807, 2.05) is 24.3 Å². The Morgan fingerprint density at radius 2 is 0.695 bits per heavy atom. The van der Waals surface area contributed by atoms with Crippen LogP contribution in [-0.4, -0.2) is 28.2 Å². The average Bonchev–Trinajstić information content (AvgIpc) is 3.19. The van der Waals surface area contributed by atoms with Gasteiger partial charge < -0.3 is 18.3 Å². The van der Waals surface area contributed by atoms with Crippen molar-refractivity contribution in [1.29, 1.82) is 0 Å². The van der Waals surface area contributed by atoms with E-state index >= 15 is 0 Å². The van der Waals surface area contributed by atoms with Gasteiger partial charge in [0.25, 0.3) is 0 Å². The highest BCUT2D eigenvalue weighted by Crippen LogP contribution is 2.51. The van der Waals surface area contributed by atoms with Crippen LogP contribution < -0.4 is 0 Å². The Labute approximate surface area is 469 Å². The second-order valence-corrected chi connectivity index (χ2v) is 21.6. The molecule has 0 saturated heterocycles. The molecule has 0 atom stereocenters. The standard InChI is InChI=1S/C75H43N7/c1-76-48-20-14-19-46(39-48)75-77-73(72-59-27-15-17-45-18-16-28-60(71(45)59)74(72)78-75)47-40-51(81-67-33-12-6-25-57(67)61-43-49(35-37-69(61)81)79-63-29-8-2-21-53(63)54-22-3-9-30-64(54)79)42-52(41-47)82-68-34-13-7-26-58(68)62-44-50(36-38-70(62)82)80-65-31-10-4-23-55(65)56-24-5-11-32-66(56)80/h2-44H. The maximum Gasteiger partial charge on any atom is 0.187 e. The van der Waals surface area contributed by atoms with Gasteiger partial charge in [0, 0.05) is 88.1 Å². The Bertz CT molecular complexity index is 5320. The van der Waals surface area contributed by atoms with Gasteiger partial charge in [-0.25, -0.2) is 14.8 Å². The summed E-state index contributed by atoms with van der Waals surface area (Å²) in [5.74, 6) is 0.569. The van der Waals surface area contributed by atoms with Gasteiger partial charge in [-0.05, 0) is 113 Å². The molecule has 0 amide bonds. The summed E-state index contributed by atoms with van der Waals surface area (Å²) in [4.78, 5) is 14.9. The molecule has 1 aliphatic carbocycles. The van der Waals surface area contributed by atoms with Crippen LogP contribution >= 0.6 is 0 Å². The van der Waals surface area contributed by atoms with Crippen LogP contribution in [0.15, 0.2) is 261 Å². The molecule has 378 valence electrons. The number of fused-ring (bicyclic) bond motifs is 15. The fourth-order valence-corrected chi connectivity index (χ4v) is 13.9. The minimum Gasteiger partial charge on any atom is -0.309 e. The summed E-state index contributed by atoms with van der Waals surface area (Å²) in [6.45, 7) is 7.98. The third kappa shape index (κ3) is 6.23. The lowest BCUT2D eigenvalue weighted by Gasteiger charge is -2.18. The molecule has 17 aromatic rings. The molecule has 0 unspecified atom stereocenters. The number of aromatic nitrogens is 6. The van der Waals surface area contributed by atoms with Gasteiger partial charge in [0.15, 0.2) is 11.5 Å². The minimum absolute atomic E-state index is 0.540. The van der Waals surface area contributed by atoms with Crippen molar-refractivity contribution in [2.45, 2.75) is 0 Å². The van der Waals surface area contributed by atoms with E-state index < -0.39 is 0 Å². The Balaban J connectivity index is 0.934. The quantitative estimate of drug-likeness (QED) is 0.156. The van der Waals surface area contributed by atoms with E-state index in [9.17, 15) is 0 Å². The maximum atomic E-state index is 7.98. The Hall–Kier alpha value is -11.3. The van der Waals surface area contributed by atoms with Crippen molar-refractivity contribution < 1.29 is 0 Å². The number of hydrogen-bond acceptors (Lipinski definition) is 2. The summed E-state index contributed by atoms with van der Waals surface area (Å²) < 4.78 is 9.70. The van der Waals surface area contributed by atoms with Gasteiger partial charge in [-0.2, -0.15) is 0 Å². The van der Waals surface area contributed by atoms with Crippen LogP contribution in [0.4, 0.5) is 5.69 Å². The first kappa shape index (κ1) is 44.6. The molecule has 7 heteroatoms. The first-order valence-electron chi connectivity index (χ1n) is 27.8. The monoisotopic (exact) mass is 1040 g/mol. The van der Waals surface area contributed by atoms with Crippen LogP contribution in [-0.2, 0) is 0 Å². The molecular weight excluding hydrogens is 999 g/mol. The second kappa shape index (κ2) is 16.8. The molecule has 0 fully saturated rings. The summed E-state index contributed by atoms with van der Waals surface area (Å²) in [6.07, 6.45) is 0. The Morgan fingerprint density at radius 1 is 0.293 bits per heavy atom. The molecule has 12 aromatic carbocycles. The molecule has 5 heterocycles. The highest BCUT2D eigenvalue weighted by molar-refractivity contribution is 6.18. The van der Waals surface area contributed by atoms with E-state index in [0.717, 1.165) is 111 Å². The fraction of sp³-hybridized carbons (Fsp3) is 0. The van der Waals surface area contributed by atoms with E-state index in [0.29, 0.717) is 11.5 Å². The smallest absolute Gasteiger partial charge is 0.187 e. The number of para-hydroxylation sites is 6. The predicted octanol–water partition coefficient (Wildman–Crippen LogP) is 19.6. The summed E-state index contributed by atoms with van der Waals surface area (Å²) in [5.41, 5.74) is 20.4. The van der Waals surface area contributed by atoms with Gasteiger partial charge >= 0.3 is 0 Å². The normalized spacial score (nSPS) is 12.1. The molecule has 82 heavy (non-hydrogen) atoms. The zero-order valence-corrected chi connectivity index (χ0v) is 44.0. The third-order valence-electron chi connectivity index (χ3n) is 17.3. The van der Waals surface area contributed by atoms with Crippen molar-refractivity contribution in [3.63, 3.8) is 0 Å².